The Morgan fingerprint density at radius 2 is 2.00 bits per heavy atom. The zero-order valence-corrected chi connectivity index (χ0v) is 21.1. The second-order valence-corrected chi connectivity index (χ2v) is 9.99. The first-order valence-electron chi connectivity index (χ1n) is 10.6. The highest BCUT2D eigenvalue weighted by Crippen LogP contribution is 2.31. The molecular weight excluding hydrogens is 408 g/mol. The van der Waals surface area contributed by atoms with Crippen molar-refractivity contribution >= 4 is 34.5 Å². The first-order valence-corrected chi connectivity index (χ1v) is 12.7. The van der Waals surface area contributed by atoms with Crippen molar-refractivity contribution in [3.05, 3.63) is 62.9 Å². The van der Waals surface area contributed by atoms with Crippen molar-refractivity contribution < 1.29 is 4.79 Å². The van der Waals surface area contributed by atoms with Crippen LogP contribution in [0.2, 0.25) is 0 Å². The van der Waals surface area contributed by atoms with Crippen LogP contribution in [-0.4, -0.2) is 54.6 Å². The predicted molar refractivity (Wildman–Crippen MR) is 135 cm³/mol. The lowest BCUT2D eigenvalue weighted by molar-refractivity contribution is -0.121. The minimum atomic E-state index is -0.0476. The van der Waals surface area contributed by atoms with Crippen LogP contribution in [-0.2, 0) is 11.2 Å². The minimum Gasteiger partial charge on any atom is -0.376 e. The quantitative estimate of drug-likeness (QED) is 0.441. The fourth-order valence-electron chi connectivity index (χ4n) is 3.29. The zero-order chi connectivity index (χ0) is 22.3. The van der Waals surface area contributed by atoms with Crippen LogP contribution in [0.4, 0.5) is 0 Å². The molecule has 30 heavy (non-hydrogen) atoms. The van der Waals surface area contributed by atoms with Crippen LogP contribution < -0.4 is 0 Å². The number of Topliss-reactive ketones (excluding diaryl/α,β-unsaturated/α-hetero) is 1. The number of rotatable bonds is 10. The average Bonchev–Trinajstić information content (AvgIpc) is 3.08. The number of carbonyl (C=O) groups is 1. The van der Waals surface area contributed by atoms with E-state index in [1.165, 1.54) is 25.8 Å². The van der Waals surface area contributed by atoms with Gasteiger partial charge in [0, 0.05) is 40.5 Å². The van der Waals surface area contributed by atoms with Gasteiger partial charge in [-0.2, -0.15) is 0 Å². The van der Waals surface area contributed by atoms with Crippen molar-refractivity contribution in [1.29, 1.82) is 0 Å². The maximum atomic E-state index is 11.7. The lowest BCUT2D eigenvalue weighted by atomic mass is 10.1. The average molecular weight is 445 g/mol. The molecule has 1 aliphatic carbocycles. The second kappa shape index (κ2) is 11.7. The zero-order valence-electron chi connectivity index (χ0n) is 19.4. The summed E-state index contributed by atoms with van der Waals surface area (Å²) in [7, 11) is 4.15. The van der Waals surface area contributed by atoms with Crippen molar-refractivity contribution in [1.82, 2.24) is 9.80 Å². The summed E-state index contributed by atoms with van der Waals surface area (Å²) in [6.45, 7) is 8.89. The Kier molecular flexibility index (Phi) is 9.66. The maximum absolute atomic E-state index is 11.7. The molecular formula is C25H36N2OS2. The van der Waals surface area contributed by atoms with Crippen molar-refractivity contribution in [3.8, 4) is 0 Å². The highest BCUT2D eigenvalue weighted by atomic mass is 32.2. The van der Waals surface area contributed by atoms with Crippen LogP contribution in [0, 0.1) is 0 Å². The summed E-state index contributed by atoms with van der Waals surface area (Å²) in [4.78, 5) is 20.1. The number of thioether (sulfide) groups is 1. The highest BCUT2D eigenvalue weighted by Gasteiger charge is 2.18. The summed E-state index contributed by atoms with van der Waals surface area (Å²) in [6.07, 6.45) is 15.4. The number of ketones is 1. The van der Waals surface area contributed by atoms with E-state index < -0.39 is 0 Å². The van der Waals surface area contributed by atoms with Gasteiger partial charge in [0.1, 0.15) is 5.78 Å². The van der Waals surface area contributed by atoms with Crippen LogP contribution in [0.5, 0.6) is 0 Å². The summed E-state index contributed by atoms with van der Waals surface area (Å²) in [5, 5.41) is 0. The molecule has 0 N–H and O–H groups in total. The molecule has 2 rings (SSSR count). The van der Waals surface area contributed by atoms with Crippen molar-refractivity contribution in [2.45, 2.75) is 52.6 Å². The summed E-state index contributed by atoms with van der Waals surface area (Å²) in [5.41, 5.74) is 2.63. The number of carbonyl (C=O) groups excluding carboxylic acids is 1. The number of aryl methyl sites for hydroxylation is 1. The number of thiophene rings is 1. The van der Waals surface area contributed by atoms with E-state index in [9.17, 15) is 4.79 Å². The third-order valence-electron chi connectivity index (χ3n) is 5.75. The predicted octanol–water partition coefficient (Wildman–Crippen LogP) is 6.01. The molecule has 0 aliphatic heterocycles. The van der Waals surface area contributed by atoms with Gasteiger partial charge in [0.15, 0.2) is 0 Å². The number of nitrogens with zero attached hydrogens (tertiary/aromatic N) is 2. The molecule has 5 heteroatoms. The Morgan fingerprint density at radius 1 is 1.27 bits per heavy atom. The lowest BCUT2D eigenvalue weighted by Gasteiger charge is -2.31. The number of hydrogen-bond donors (Lipinski definition) is 0. The number of allylic oxidation sites excluding steroid dienone is 6. The topological polar surface area (TPSA) is 23.6 Å². The summed E-state index contributed by atoms with van der Waals surface area (Å²) >= 11 is 3.67. The third kappa shape index (κ3) is 6.73. The first-order chi connectivity index (χ1) is 14.3. The molecule has 0 spiro atoms. The Labute approximate surface area is 191 Å². The molecule has 1 heterocycles. The molecule has 0 radical (unpaired) electrons. The highest BCUT2D eigenvalue weighted by molar-refractivity contribution is 8.02. The molecule has 1 aromatic rings. The first kappa shape index (κ1) is 24.7. The second-order valence-electron chi connectivity index (χ2n) is 7.98. The third-order valence-corrected chi connectivity index (χ3v) is 7.83. The molecule has 0 bridgehead atoms. The Morgan fingerprint density at radius 3 is 2.60 bits per heavy atom. The van der Waals surface area contributed by atoms with Gasteiger partial charge in [-0.1, -0.05) is 31.2 Å². The molecule has 0 saturated heterocycles. The van der Waals surface area contributed by atoms with Gasteiger partial charge in [-0.05, 0) is 70.2 Å². The minimum absolute atomic E-state index is 0.0476. The normalized spacial score (nSPS) is 16.7. The SMILES string of the molecule is CCc1ccc(C2=CC=C(/C(=C/N(C)C(C)CN(C)C(C)C(C)=O)SC)CC=C2)s1. The van der Waals surface area contributed by atoms with Gasteiger partial charge in [-0.15, -0.1) is 23.1 Å². The van der Waals surface area contributed by atoms with Gasteiger partial charge >= 0.3 is 0 Å². The fourth-order valence-corrected chi connectivity index (χ4v) is 4.93. The van der Waals surface area contributed by atoms with Crippen molar-refractivity contribution in [2.75, 3.05) is 26.9 Å². The Hall–Kier alpha value is -1.56. The van der Waals surface area contributed by atoms with E-state index in [1.54, 1.807) is 18.7 Å². The summed E-state index contributed by atoms with van der Waals surface area (Å²) in [5.74, 6) is 0.211. The van der Waals surface area contributed by atoms with Crippen LogP contribution in [0.3, 0.4) is 0 Å². The fraction of sp³-hybridized carbons (Fsp3) is 0.480. The van der Waals surface area contributed by atoms with Crippen molar-refractivity contribution in [2.24, 2.45) is 0 Å². The van der Waals surface area contributed by atoms with Gasteiger partial charge in [-0.3, -0.25) is 9.69 Å². The smallest absolute Gasteiger partial charge is 0.146 e. The van der Waals surface area contributed by atoms with Gasteiger partial charge < -0.3 is 4.90 Å². The van der Waals surface area contributed by atoms with Crippen LogP contribution in [0.25, 0.3) is 5.57 Å². The van der Waals surface area contributed by atoms with Crippen LogP contribution >= 0.6 is 23.1 Å². The van der Waals surface area contributed by atoms with E-state index in [-0.39, 0.29) is 11.8 Å². The molecule has 0 amide bonds. The lowest BCUT2D eigenvalue weighted by Crippen LogP contribution is -2.42. The van der Waals surface area contributed by atoms with E-state index in [4.69, 9.17) is 0 Å². The Balaban J connectivity index is 2.14. The molecule has 0 saturated carbocycles. The summed E-state index contributed by atoms with van der Waals surface area (Å²) in [6, 6.07) is 4.73. The molecule has 1 aliphatic rings. The van der Waals surface area contributed by atoms with Gasteiger partial charge in [-0.25, -0.2) is 0 Å². The van der Waals surface area contributed by atoms with Crippen LogP contribution in [0.1, 0.15) is 43.9 Å². The molecule has 2 unspecified atom stereocenters. The van der Waals surface area contributed by atoms with E-state index >= 15 is 0 Å². The van der Waals surface area contributed by atoms with Crippen molar-refractivity contribution in [3.63, 3.8) is 0 Å². The van der Waals surface area contributed by atoms with E-state index in [0.29, 0.717) is 6.04 Å². The number of hydrogen-bond acceptors (Lipinski definition) is 5. The van der Waals surface area contributed by atoms with Crippen LogP contribution in [0.15, 0.2) is 53.1 Å². The molecule has 0 fully saturated rings. The van der Waals surface area contributed by atoms with E-state index in [1.807, 2.05) is 25.3 Å². The molecule has 0 aromatic carbocycles. The van der Waals surface area contributed by atoms with E-state index in [0.717, 1.165) is 19.4 Å². The molecule has 1 aromatic heterocycles. The molecule has 164 valence electrons. The largest absolute Gasteiger partial charge is 0.376 e. The van der Waals surface area contributed by atoms with Gasteiger partial charge in [0.2, 0.25) is 0 Å². The summed E-state index contributed by atoms with van der Waals surface area (Å²) < 4.78 is 0. The number of likely N-dealkylation sites (N-methyl/N-ethyl adjacent to an activating group) is 2. The van der Waals surface area contributed by atoms with E-state index in [2.05, 4.69) is 79.6 Å². The Bertz CT molecular complexity index is 847. The van der Waals surface area contributed by atoms with Gasteiger partial charge in [0.05, 0.1) is 6.04 Å². The maximum Gasteiger partial charge on any atom is 0.146 e. The monoisotopic (exact) mass is 444 g/mol. The molecule has 2 atom stereocenters. The standard InChI is InChI=1S/C25H36N2OS2/c1-8-23-14-15-24(30-23)21-10-9-11-22(13-12-21)25(29-7)17-26(5)18(2)16-27(6)19(3)20(4)28/h9-10,12-15,17-19H,8,11,16H2,1-7H3/b25-17-. The van der Waals surface area contributed by atoms with Gasteiger partial charge in [0.25, 0.3) is 0 Å². The molecule has 3 nitrogen and oxygen atoms in total.